The minimum absolute atomic E-state index is 0.167. The van der Waals surface area contributed by atoms with E-state index >= 15 is 0 Å². The molecule has 1 heterocycles. The molecule has 2 N–H and O–H groups in total. The first-order chi connectivity index (χ1) is 14.1. The third-order valence-electron chi connectivity index (χ3n) is 4.94. The van der Waals surface area contributed by atoms with E-state index < -0.39 is 5.91 Å². The Hall–Kier alpha value is -3.86. The number of Topliss-reactive ketones (excluding diaryl/α,β-unsaturated/α-hetero) is 1. The van der Waals surface area contributed by atoms with E-state index in [4.69, 9.17) is 10.5 Å². The lowest BCUT2D eigenvalue weighted by Gasteiger charge is -2.11. The minimum Gasteiger partial charge on any atom is -0.485 e. The molecule has 5 heteroatoms. The Balaban J connectivity index is 1.76. The molecule has 0 aliphatic heterocycles. The van der Waals surface area contributed by atoms with Crippen LogP contribution in [0.4, 0.5) is 0 Å². The normalized spacial score (nSPS) is 10.8. The van der Waals surface area contributed by atoms with Crippen LogP contribution in [-0.2, 0) is 7.05 Å². The van der Waals surface area contributed by atoms with Crippen LogP contribution in [0.5, 0.6) is 5.75 Å². The average molecular weight is 384 g/mol. The van der Waals surface area contributed by atoms with Gasteiger partial charge in [0.1, 0.15) is 5.75 Å². The number of aryl methyl sites for hydroxylation is 1. The Morgan fingerprint density at radius 1 is 0.897 bits per heavy atom. The van der Waals surface area contributed by atoms with Crippen molar-refractivity contribution < 1.29 is 14.3 Å². The van der Waals surface area contributed by atoms with Gasteiger partial charge in [-0.2, -0.15) is 0 Å². The number of carbonyl (C=O) groups excluding carboxylic acids is 2. The van der Waals surface area contributed by atoms with Crippen molar-refractivity contribution in [2.45, 2.75) is 0 Å². The minimum atomic E-state index is -0.594. The highest BCUT2D eigenvalue weighted by Crippen LogP contribution is 2.33. The number of ketones is 1. The van der Waals surface area contributed by atoms with Crippen LogP contribution in [0.2, 0.25) is 0 Å². The van der Waals surface area contributed by atoms with Crippen LogP contribution in [0.3, 0.4) is 0 Å². The van der Waals surface area contributed by atoms with Gasteiger partial charge in [-0.05, 0) is 23.8 Å². The lowest BCUT2D eigenvalue weighted by Crippen LogP contribution is -2.17. The molecule has 0 fully saturated rings. The standard InChI is InChI=1S/C24H20N2O3/c1-26-19-13-7-5-11-17(19)22(23(26)16-9-3-2-4-10-16)20(27)15-29-21-14-8-6-12-18(21)24(25)28/h2-14H,15H2,1H3,(H2,25,28). The smallest absolute Gasteiger partial charge is 0.252 e. The first kappa shape index (κ1) is 18.5. The van der Waals surface area contributed by atoms with Crippen molar-refractivity contribution in [1.29, 1.82) is 0 Å². The second kappa shape index (κ2) is 7.64. The van der Waals surface area contributed by atoms with Gasteiger partial charge in [0, 0.05) is 18.0 Å². The Kier molecular flexibility index (Phi) is 4.87. The van der Waals surface area contributed by atoms with Gasteiger partial charge in [-0.3, -0.25) is 9.59 Å². The van der Waals surface area contributed by atoms with E-state index in [1.165, 1.54) is 0 Å². The molecule has 3 aromatic carbocycles. The topological polar surface area (TPSA) is 74.3 Å². The molecule has 0 aliphatic rings. The summed E-state index contributed by atoms with van der Waals surface area (Å²) in [5.74, 6) is -0.460. The van der Waals surface area contributed by atoms with Gasteiger partial charge in [0.2, 0.25) is 5.78 Å². The molecule has 0 atom stereocenters. The number of primary amides is 1. The summed E-state index contributed by atoms with van der Waals surface area (Å²) in [6.45, 7) is -0.196. The van der Waals surface area contributed by atoms with Crippen LogP contribution in [-0.4, -0.2) is 22.9 Å². The van der Waals surface area contributed by atoms with Gasteiger partial charge in [-0.15, -0.1) is 0 Å². The summed E-state index contributed by atoms with van der Waals surface area (Å²) in [7, 11) is 1.95. The number of aromatic nitrogens is 1. The zero-order valence-electron chi connectivity index (χ0n) is 16.0. The summed E-state index contributed by atoms with van der Waals surface area (Å²) in [6.07, 6.45) is 0. The molecule has 0 bridgehead atoms. The van der Waals surface area contributed by atoms with Gasteiger partial charge >= 0.3 is 0 Å². The number of nitrogens with zero attached hydrogens (tertiary/aromatic N) is 1. The number of fused-ring (bicyclic) bond motifs is 1. The maximum absolute atomic E-state index is 13.3. The summed E-state index contributed by atoms with van der Waals surface area (Å²) < 4.78 is 7.73. The fourth-order valence-electron chi connectivity index (χ4n) is 3.62. The van der Waals surface area contributed by atoms with Crippen LogP contribution >= 0.6 is 0 Å². The van der Waals surface area contributed by atoms with Crippen molar-refractivity contribution in [3.05, 3.63) is 90.0 Å². The largest absolute Gasteiger partial charge is 0.485 e. The van der Waals surface area contributed by atoms with E-state index in [1.54, 1.807) is 24.3 Å². The fraction of sp³-hybridized carbons (Fsp3) is 0.0833. The van der Waals surface area contributed by atoms with Crippen molar-refractivity contribution in [1.82, 2.24) is 4.57 Å². The molecule has 0 saturated heterocycles. The van der Waals surface area contributed by atoms with Crippen molar-refractivity contribution in [2.24, 2.45) is 12.8 Å². The lowest BCUT2D eigenvalue weighted by atomic mass is 10.0. The summed E-state index contributed by atoms with van der Waals surface area (Å²) >= 11 is 0. The predicted molar refractivity (Wildman–Crippen MR) is 113 cm³/mol. The Labute approximate surface area is 168 Å². The number of nitrogens with two attached hydrogens (primary N) is 1. The summed E-state index contributed by atoms with van der Waals surface area (Å²) in [6, 6.07) is 24.2. The highest BCUT2D eigenvalue weighted by atomic mass is 16.5. The first-order valence-corrected chi connectivity index (χ1v) is 9.25. The molecule has 0 aliphatic carbocycles. The van der Waals surface area contributed by atoms with E-state index in [0.717, 1.165) is 22.2 Å². The number of amides is 1. The van der Waals surface area contributed by atoms with Crippen molar-refractivity contribution in [3.8, 4) is 17.0 Å². The third-order valence-corrected chi connectivity index (χ3v) is 4.94. The van der Waals surface area contributed by atoms with Crippen LogP contribution in [0.15, 0.2) is 78.9 Å². The van der Waals surface area contributed by atoms with Crippen LogP contribution in [0.1, 0.15) is 20.7 Å². The third kappa shape index (κ3) is 3.38. The van der Waals surface area contributed by atoms with E-state index in [9.17, 15) is 9.59 Å². The molecule has 4 rings (SSSR count). The Bertz CT molecular complexity index is 1210. The molecular formula is C24H20N2O3. The fourth-order valence-corrected chi connectivity index (χ4v) is 3.62. The van der Waals surface area contributed by atoms with E-state index in [2.05, 4.69) is 0 Å². The maximum Gasteiger partial charge on any atom is 0.252 e. The van der Waals surface area contributed by atoms with Crippen molar-refractivity contribution in [3.63, 3.8) is 0 Å². The number of rotatable bonds is 6. The number of carbonyl (C=O) groups is 2. The molecule has 29 heavy (non-hydrogen) atoms. The second-order valence-electron chi connectivity index (χ2n) is 6.74. The monoisotopic (exact) mass is 384 g/mol. The average Bonchev–Trinajstić information content (AvgIpc) is 3.05. The predicted octanol–water partition coefficient (Wildman–Crippen LogP) is 4.21. The molecule has 4 aromatic rings. The molecule has 0 radical (unpaired) electrons. The van der Waals surface area contributed by atoms with Gasteiger partial charge < -0.3 is 15.0 Å². The van der Waals surface area contributed by atoms with E-state index in [0.29, 0.717) is 11.3 Å². The van der Waals surface area contributed by atoms with Crippen molar-refractivity contribution in [2.75, 3.05) is 6.61 Å². The number of hydrogen-bond acceptors (Lipinski definition) is 3. The highest BCUT2D eigenvalue weighted by molar-refractivity contribution is 6.14. The van der Waals surface area contributed by atoms with Crippen LogP contribution < -0.4 is 10.5 Å². The Morgan fingerprint density at radius 3 is 2.31 bits per heavy atom. The van der Waals surface area contributed by atoms with Gasteiger partial charge in [-0.25, -0.2) is 0 Å². The summed E-state index contributed by atoms with van der Waals surface area (Å²) in [4.78, 5) is 24.9. The Morgan fingerprint density at radius 2 is 1.55 bits per heavy atom. The zero-order chi connectivity index (χ0) is 20.4. The zero-order valence-corrected chi connectivity index (χ0v) is 16.0. The van der Waals surface area contributed by atoms with Gasteiger partial charge in [-0.1, -0.05) is 60.7 Å². The van der Waals surface area contributed by atoms with Gasteiger partial charge in [0.05, 0.1) is 16.8 Å². The van der Waals surface area contributed by atoms with E-state index in [1.807, 2.05) is 66.2 Å². The van der Waals surface area contributed by atoms with E-state index in [-0.39, 0.29) is 18.0 Å². The number of ether oxygens (including phenoxy) is 1. The van der Waals surface area contributed by atoms with Gasteiger partial charge in [0.25, 0.3) is 5.91 Å². The van der Waals surface area contributed by atoms with Gasteiger partial charge in [0.15, 0.2) is 6.61 Å². The SMILES string of the molecule is Cn1c(-c2ccccc2)c(C(=O)COc2ccccc2C(N)=O)c2ccccc21. The molecule has 144 valence electrons. The number of hydrogen-bond donors (Lipinski definition) is 1. The first-order valence-electron chi connectivity index (χ1n) is 9.25. The molecule has 0 unspecified atom stereocenters. The summed E-state index contributed by atoms with van der Waals surface area (Å²) in [5, 5.41) is 0.866. The van der Waals surface area contributed by atoms with Crippen molar-refractivity contribution >= 4 is 22.6 Å². The number of para-hydroxylation sites is 2. The highest BCUT2D eigenvalue weighted by Gasteiger charge is 2.23. The molecule has 5 nitrogen and oxygen atoms in total. The molecule has 1 amide bonds. The second-order valence-corrected chi connectivity index (χ2v) is 6.74. The molecule has 1 aromatic heterocycles. The lowest BCUT2D eigenvalue weighted by molar-refractivity contribution is 0.0914. The quantitative estimate of drug-likeness (QED) is 0.506. The maximum atomic E-state index is 13.3. The molecule has 0 spiro atoms. The molecular weight excluding hydrogens is 364 g/mol. The summed E-state index contributed by atoms with van der Waals surface area (Å²) in [5.41, 5.74) is 9.01. The van der Waals surface area contributed by atoms with Crippen LogP contribution in [0.25, 0.3) is 22.2 Å². The molecule has 0 saturated carbocycles. The van der Waals surface area contributed by atoms with Crippen LogP contribution in [0, 0.1) is 0 Å². The number of benzene rings is 3.